The Hall–Kier alpha value is -6.18. The highest BCUT2D eigenvalue weighted by Gasteiger charge is 2.11. The summed E-state index contributed by atoms with van der Waals surface area (Å²) >= 11 is 0. The summed E-state index contributed by atoms with van der Waals surface area (Å²) in [4.78, 5) is 0. The van der Waals surface area contributed by atoms with Crippen LogP contribution >= 0.6 is 0 Å². The third-order valence-corrected chi connectivity index (χ3v) is 9.42. The maximum Gasteiger partial charge on any atom is 0.136 e. The first kappa shape index (κ1) is 27.2. The topological polar surface area (TPSA) is 13.1 Å². The fourth-order valence-corrected chi connectivity index (χ4v) is 7.00. The molecule has 0 amide bonds. The van der Waals surface area contributed by atoms with Crippen LogP contribution in [0.5, 0.6) is 0 Å². The zero-order chi connectivity index (χ0) is 31.3. The first-order valence-electron chi connectivity index (χ1n) is 16.0. The van der Waals surface area contributed by atoms with Crippen molar-refractivity contribution in [1.29, 1.82) is 0 Å². The molecule has 9 rings (SSSR count). The van der Waals surface area contributed by atoms with Crippen LogP contribution in [0, 0.1) is 0 Å². The Morgan fingerprint density at radius 1 is 0.404 bits per heavy atom. The highest BCUT2D eigenvalue weighted by Crippen LogP contribution is 2.37. The molecule has 0 unspecified atom stereocenters. The third-order valence-electron chi connectivity index (χ3n) is 9.42. The SMILES string of the molecule is C=Cc1cc(-c2cc3ccccc3c3ccccc23)ccc1/C=C/c1ccc2c(c1)oc1cc(-c3ccc4ccccc4c3)ccc12. The van der Waals surface area contributed by atoms with Gasteiger partial charge in [0.1, 0.15) is 11.2 Å². The van der Waals surface area contributed by atoms with E-state index in [0.29, 0.717) is 0 Å². The molecule has 8 aromatic carbocycles. The molecule has 0 atom stereocenters. The van der Waals surface area contributed by atoms with E-state index in [-0.39, 0.29) is 0 Å². The van der Waals surface area contributed by atoms with Gasteiger partial charge in [-0.25, -0.2) is 0 Å². The van der Waals surface area contributed by atoms with Crippen LogP contribution in [0.1, 0.15) is 16.7 Å². The number of benzene rings is 8. The molecule has 0 radical (unpaired) electrons. The number of hydrogen-bond donors (Lipinski definition) is 0. The Labute approximate surface area is 273 Å². The fourth-order valence-electron chi connectivity index (χ4n) is 7.00. The molecule has 0 aliphatic rings. The fraction of sp³-hybridized carbons (Fsp3) is 0. The van der Waals surface area contributed by atoms with Crippen LogP contribution in [0.3, 0.4) is 0 Å². The van der Waals surface area contributed by atoms with Crippen molar-refractivity contribution in [1.82, 2.24) is 0 Å². The molecule has 1 heterocycles. The maximum atomic E-state index is 6.42. The molecule has 0 saturated carbocycles. The molecule has 9 aromatic rings. The quantitative estimate of drug-likeness (QED) is 0.142. The normalized spacial score (nSPS) is 11.8. The van der Waals surface area contributed by atoms with Crippen molar-refractivity contribution in [3.05, 3.63) is 175 Å². The van der Waals surface area contributed by atoms with Crippen LogP contribution in [0.2, 0.25) is 0 Å². The summed E-state index contributed by atoms with van der Waals surface area (Å²) in [7, 11) is 0. The minimum atomic E-state index is 0.889. The smallest absolute Gasteiger partial charge is 0.136 e. The molecule has 0 spiro atoms. The average molecular weight is 599 g/mol. The predicted molar refractivity (Wildman–Crippen MR) is 203 cm³/mol. The lowest BCUT2D eigenvalue weighted by Gasteiger charge is -2.12. The molecule has 0 aliphatic carbocycles. The molecule has 0 bridgehead atoms. The lowest BCUT2D eigenvalue weighted by molar-refractivity contribution is 0.669. The minimum absolute atomic E-state index is 0.889. The second-order valence-corrected chi connectivity index (χ2v) is 12.2. The van der Waals surface area contributed by atoms with E-state index in [0.717, 1.165) is 44.2 Å². The van der Waals surface area contributed by atoms with Gasteiger partial charge in [0.05, 0.1) is 0 Å². The van der Waals surface area contributed by atoms with E-state index in [9.17, 15) is 0 Å². The van der Waals surface area contributed by atoms with E-state index in [1.165, 1.54) is 49.0 Å². The summed E-state index contributed by atoms with van der Waals surface area (Å²) in [6.45, 7) is 4.15. The van der Waals surface area contributed by atoms with Crippen molar-refractivity contribution >= 4 is 72.5 Å². The van der Waals surface area contributed by atoms with Gasteiger partial charge in [0, 0.05) is 10.8 Å². The molecule has 1 nitrogen and oxygen atoms in total. The van der Waals surface area contributed by atoms with Crippen molar-refractivity contribution in [3.63, 3.8) is 0 Å². The van der Waals surface area contributed by atoms with Crippen LogP contribution in [-0.4, -0.2) is 0 Å². The van der Waals surface area contributed by atoms with Crippen LogP contribution in [-0.2, 0) is 0 Å². The van der Waals surface area contributed by atoms with E-state index < -0.39 is 0 Å². The maximum absolute atomic E-state index is 6.42. The monoisotopic (exact) mass is 598 g/mol. The van der Waals surface area contributed by atoms with Gasteiger partial charge in [-0.05, 0) is 114 Å². The summed E-state index contributed by atoms with van der Waals surface area (Å²) in [5, 5.41) is 9.80. The minimum Gasteiger partial charge on any atom is -0.456 e. The van der Waals surface area contributed by atoms with Crippen molar-refractivity contribution in [2.75, 3.05) is 0 Å². The standard InChI is InChI=1S/C46H30O/c1-2-31-26-38(44-28-37-11-5-6-12-39(37)40-13-7-8-14-41(40)44)21-19-33(31)17-15-30-16-23-42-43-24-22-36(29-46(43)47-45(42)25-30)35-20-18-32-9-3-4-10-34(32)27-35/h2-29H,1H2/b17-15+. The molecular formula is C46H30O. The van der Waals surface area contributed by atoms with Gasteiger partial charge >= 0.3 is 0 Å². The summed E-state index contributed by atoms with van der Waals surface area (Å²) < 4.78 is 6.42. The van der Waals surface area contributed by atoms with E-state index in [4.69, 9.17) is 4.42 Å². The van der Waals surface area contributed by atoms with E-state index >= 15 is 0 Å². The molecule has 1 aromatic heterocycles. The van der Waals surface area contributed by atoms with Gasteiger partial charge in [0.2, 0.25) is 0 Å². The van der Waals surface area contributed by atoms with Crippen molar-refractivity contribution in [2.45, 2.75) is 0 Å². The van der Waals surface area contributed by atoms with Gasteiger partial charge in [-0.1, -0.05) is 134 Å². The molecule has 1 heteroatoms. The number of hydrogen-bond acceptors (Lipinski definition) is 1. The molecule has 220 valence electrons. The number of rotatable bonds is 5. The molecule has 0 saturated heterocycles. The second-order valence-electron chi connectivity index (χ2n) is 12.2. The average Bonchev–Trinajstić information content (AvgIpc) is 3.50. The summed E-state index contributed by atoms with van der Waals surface area (Å²) in [6.07, 6.45) is 6.27. The summed E-state index contributed by atoms with van der Waals surface area (Å²) in [5.41, 5.74) is 9.86. The van der Waals surface area contributed by atoms with E-state index in [1.54, 1.807) is 0 Å². The third kappa shape index (κ3) is 4.72. The number of fused-ring (bicyclic) bond motifs is 7. The second kappa shape index (κ2) is 11.0. The van der Waals surface area contributed by atoms with Gasteiger partial charge in [-0.15, -0.1) is 0 Å². The van der Waals surface area contributed by atoms with E-state index in [1.807, 2.05) is 6.08 Å². The molecule has 0 N–H and O–H groups in total. The highest BCUT2D eigenvalue weighted by atomic mass is 16.3. The lowest BCUT2D eigenvalue weighted by Crippen LogP contribution is -1.87. The van der Waals surface area contributed by atoms with Gasteiger partial charge < -0.3 is 4.42 Å². The van der Waals surface area contributed by atoms with Crippen molar-refractivity contribution in [2.24, 2.45) is 0 Å². The zero-order valence-electron chi connectivity index (χ0n) is 25.8. The Morgan fingerprint density at radius 2 is 1.06 bits per heavy atom. The van der Waals surface area contributed by atoms with E-state index in [2.05, 4.69) is 170 Å². The Morgan fingerprint density at radius 3 is 1.91 bits per heavy atom. The van der Waals surface area contributed by atoms with Gasteiger partial charge in [-0.3, -0.25) is 0 Å². The van der Waals surface area contributed by atoms with Crippen molar-refractivity contribution < 1.29 is 4.42 Å². The largest absolute Gasteiger partial charge is 0.456 e. The van der Waals surface area contributed by atoms with Crippen LogP contribution in [0.15, 0.2) is 163 Å². The Kier molecular flexibility index (Phi) is 6.36. The first-order chi connectivity index (χ1) is 23.2. The highest BCUT2D eigenvalue weighted by molar-refractivity contribution is 6.14. The molecule has 0 aliphatic heterocycles. The zero-order valence-corrected chi connectivity index (χ0v) is 25.8. The Bertz CT molecular complexity index is 2700. The number of furan rings is 1. The molecular weight excluding hydrogens is 569 g/mol. The van der Waals surface area contributed by atoms with Gasteiger partial charge in [0.25, 0.3) is 0 Å². The van der Waals surface area contributed by atoms with Crippen LogP contribution in [0.25, 0.3) is 94.7 Å². The first-order valence-corrected chi connectivity index (χ1v) is 16.0. The van der Waals surface area contributed by atoms with Gasteiger partial charge in [-0.2, -0.15) is 0 Å². The Balaban J connectivity index is 1.04. The molecule has 0 fully saturated rings. The summed E-state index contributed by atoms with van der Waals surface area (Å²) in [6, 6.07) is 54.3. The predicted octanol–water partition coefficient (Wildman–Crippen LogP) is 13.2. The molecule has 47 heavy (non-hydrogen) atoms. The lowest BCUT2D eigenvalue weighted by atomic mass is 9.91. The summed E-state index contributed by atoms with van der Waals surface area (Å²) in [5.74, 6) is 0. The van der Waals surface area contributed by atoms with Crippen LogP contribution in [0.4, 0.5) is 0 Å². The van der Waals surface area contributed by atoms with Crippen LogP contribution < -0.4 is 0 Å². The van der Waals surface area contributed by atoms with Crippen molar-refractivity contribution in [3.8, 4) is 22.3 Å². The van der Waals surface area contributed by atoms with Gasteiger partial charge in [0.15, 0.2) is 0 Å².